The van der Waals surface area contributed by atoms with Gasteiger partial charge in [0.15, 0.2) is 0 Å². The van der Waals surface area contributed by atoms with Crippen molar-refractivity contribution in [2.75, 3.05) is 5.32 Å². The van der Waals surface area contributed by atoms with Crippen LogP contribution in [0.4, 0.5) is 5.69 Å². The molecule has 0 saturated heterocycles. The Balaban J connectivity index is 1.85. The third-order valence-corrected chi connectivity index (χ3v) is 7.34. The van der Waals surface area contributed by atoms with Crippen molar-refractivity contribution >= 4 is 32.8 Å². The summed E-state index contributed by atoms with van der Waals surface area (Å²) in [5.74, 6) is -0.279. The summed E-state index contributed by atoms with van der Waals surface area (Å²) < 4.78 is 25.9. The second-order valence-electron chi connectivity index (χ2n) is 5.87. The van der Waals surface area contributed by atoms with Gasteiger partial charge >= 0.3 is 0 Å². The fourth-order valence-corrected chi connectivity index (χ4v) is 6.01. The molecule has 1 atom stereocenters. The lowest BCUT2D eigenvalue weighted by Crippen LogP contribution is -2.23. The van der Waals surface area contributed by atoms with Gasteiger partial charge in [-0.25, -0.2) is 8.42 Å². The Labute approximate surface area is 150 Å². The van der Waals surface area contributed by atoms with Gasteiger partial charge in [0.1, 0.15) is 4.90 Å². The summed E-state index contributed by atoms with van der Waals surface area (Å²) >= 11 is 1.38. The van der Waals surface area contributed by atoms with E-state index >= 15 is 0 Å². The SMILES string of the molecule is O=C1C[C@H](c2ccccc2)c2scc(S(=O)(=O)c3ccccc3)c2N1. The van der Waals surface area contributed by atoms with Gasteiger partial charge in [0.25, 0.3) is 0 Å². The largest absolute Gasteiger partial charge is 0.324 e. The number of benzene rings is 2. The van der Waals surface area contributed by atoms with E-state index in [1.807, 2.05) is 30.3 Å². The number of carbonyl (C=O) groups excluding carboxylic acids is 1. The van der Waals surface area contributed by atoms with Crippen LogP contribution in [0.15, 0.2) is 75.8 Å². The van der Waals surface area contributed by atoms with Gasteiger partial charge in [-0.1, -0.05) is 48.5 Å². The number of thiophene rings is 1. The highest BCUT2D eigenvalue weighted by Crippen LogP contribution is 2.45. The highest BCUT2D eigenvalue weighted by molar-refractivity contribution is 7.91. The fourth-order valence-electron chi connectivity index (χ4n) is 3.08. The first-order valence-electron chi connectivity index (χ1n) is 7.83. The molecule has 0 bridgehead atoms. The molecule has 0 radical (unpaired) electrons. The average Bonchev–Trinajstić information content (AvgIpc) is 3.07. The van der Waals surface area contributed by atoms with Crippen molar-refractivity contribution in [3.05, 3.63) is 76.5 Å². The van der Waals surface area contributed by atoms with Crippen LogP contribution in [-0.2, 0) is 14.6 Å². The number of hydrogen-bond acceptors (Lipinski definition) is 4. The Bertz CT molecular complexity index is 1030. The lowest BCUT2D eigenvalue weighted by atomic mass is 9.91. The predicted octanol–water partition coefficient (Wildman–Crippen LogP) is 4.06. The van der Waals surface area contributed by atoms with Crippen LogP contribution in [0.1, 0.15) is 22.8 Å². The van der Waals surface area contributed by atoms with E-state index in [0.29, 0.717) is 12.1 Å². The first-order valence-corrected chi connectivity index (χ1v) is 10.2. The molecule has 4 nitrogen and oxygen atoms in total. The number of fused-ring (bicyclic) bond motifs is 1. The monoisotopic (exact) mass is 369 g/mol. The van der Waals surface area contributed by atoms with Crippen molar-refractivity contribution in [2.24, 2.45) is 0 Å². The van der Waals surface area contributed by atoms with Crippen LogP contribution in [0.3, 0.4) is 0 Å². The summed E-state index contributed by atoms with van der Waals surface area (Å²) in [7, 11) is -3.67. The minimum absolute atomic E-state index is 0.116. The van der Waals surface area contributed by atoms with E-state index in [-0.39, 0.29) is 21.6 Å². The Hall–Kier alpha value is -2.44. The predicted molar refractivity (Wildman–Crippen MR) is 97.7 cm³/mol. The maximum Gasteiger partial charge on any atom is 0.225 e. The molecule has 1 amide bonds. The van der Waals surface area contributed by atoms with Crippen LogP contribution in [0, 0.1) is 0 Å². The second kappa shape index (κ2) is 6.13. The smallest absolute Gasteiger partial charge is 0.225 e. The van der Waals surface area contributed by atoms with Crippen molar-refractivity contribution in [3.8, 4) is 0 Å². The Kier molecular flexibility index (Phi) is 3.94. The summed E-state index contributed by atoms with van der Waals surface area (Å²) in [6.07, 6.45) is 0.322. The molecule has 6 heteroatoms. The summed E-state index contributed by atoms with van der Waals surface area (Å²) in [6.45, 7) is 0. The molecule has 0 fully saturated rings. The lowest BCUT2D eigenvalue weighted by Gasteiger charge is -2.23. The second-order valence-corrected chi connectivity index (χ2v) is 8.70. The van der Waals surface area contributed by atoms with Crippen molar-refractivity contribution in [1.29, 1.82) is 0 Å². The van der Waals surface area contributed by atoms with Crippen LogP contribution < -0.4 is 5.32 Å². The third kappa shape index (κ3) is 2.77. The summed E-state index contributed by atoms with van der Waals surface area (Å²) in [4.78, 5) is 13.5. The zero-order chi connectivity index (χ0) is 17.4. The number of nitrogens with one attached hydrogen (secondary N) is 1. The highest BCUT2D eigenvalue weighted by atomic mass is 32.2. The van der Waals surface area contributed by atoms with Crippen molar-refractivity contribution in [2.45, 2.75) is 22.1 Å². The minimum Gasteiger partial charge on any atom is -0.324 e. The molecule has 0 spiro atoms. The van der Waals surface area contributed by atoms with E-state index in [1.165, 1.54) is 11.3 Å². The number of sulfone groups is 1. The maximum atomic E-state index is 13.0. The quantitative estimate of drug-likeness (QED) is 0.757. The molecule has 1 aliphatic heterocycles. The van der Waals surface area contributed by atoms with E-state index in [0.717, 1.165) is 10.4 Å². The van der Waals surface area contributed by atoms with E-state index < -0.39 is 9.84 Å². The molecule has 25 heavy (non-hydrogen) atoms. The average molecular weight is 369 g/mol. The molecule has 0 saturated carbocycles. The number of anilines is 1. The van der Waals surface area contributed by atoms with Crippen LogP contribution in [0.25, 0.3) is 0 Å². The molecule has 126 valence electrons. The van der Waals surface area contributed by atoms with E-state index in [9.17, 15) is 13.2 Å². The molecule has 4 rings (SSSR count). The molecule has 2 heterocycles. The van der Waals surface area contributed by atoms with Crippen LogP contribution in [0.5, 0.6) is 0 Å². The van der Waals surface area contributed by atoms with Crippen LogP contribution >= 0.6 is 11.3 Å². The Morgan fingerprint density at radius 1 is 0.960 bits per heavy atom. The molecular weight excluding hydrogens is 354 g/mol. The normalized spacial score (nSPS) is 17.0. The first-order chi connectivity index (χ1) is 12.1. The van der Waals surface area contributed by atoms with E-state index in [2.05, 4.69) is 5.32 Å². The molecule has 0 unspecified atom stereocenters. The minimum atomic E-state index is -3.67. The van der Waals surface area contributed by atoms with Crippen molar-refractivity contribution in [3.63, 3.8) is 0 Å². The molecular formula is C19H15NO3S2. The molecule has 2 aromatic carbocycles. The van der Waals surface area contributed by atoms with Gasteiger partial charge in [0.2, 0.25) is 15.7 Å². The van der Waals surface area contributed by atoms with Gasteiger partial charge in [-0.05, 0) is 17.7 Å². The van der Waals surface area contributed by atoms with Gasteiger partial charge in [0, 0.05) is 22.6 Å². The zero-order valence-corrected chi connectivity index (χ0v) is 14.8. The fraction of sp³-hybridized carbons (Fsp3) is 0.105. The van der Waals surface area contributed by atoms with Gasteiger partial charge in [0.05, 0.1) is 10.6 Å². The van der Waals surface area contributed by atoms with Gasteiger partial charge in [-0.15, -0.1) is 11.3 Å². The third-order valence-electron chi connectivity index (χ3n) is 4.30. The van der Waals surface area contributed by atoms with Gasteiger partial charge in [-0.2, -0.15) is 0 Å². The number of rotatable bonds is 3. The molecule has 1 aliphatic rings. The Morgan fingerprint density at radius 2 is 1.60 bits per heavy atom. The lowest BCUT2D eigenvalue weighted by molar-refractivity contribution is -0.116. The molecule has 1 N–H and O–H groups in total. The van der Waals surface area contributed by atoms with Crippen LogP contribution in [-0.4, -0.2) is 14.3 Å². The topological polar surface area (TPSA) is 63.2 Å². The number of hydrogen-bond donors (Lipinski definition) is 1. The zero-order valence-electron chi connectivity index (χ0n) is 13.2. The highest BCUT2D eigenvalue weighted by Gasteiger charge is 2.34. The van der Waals surface area contributed by atoms with Gasteiger partial charge in [-0.3, -0.25) is 4.79 Å². The molecule has 1 aromatic heterocycles. The molecule has 0 aliphatic carbocycles. The van der Waals surface area contributed by atoms with Gasteiger partial charge < -0.3 is 5.32 Å². The summed E-state index contributed by atoms with van der Waals surface area (Å²) in [5, 5.41) is 4.41. The number of amides is 1. The van der Waals surface area contributed by atoms with Crippen LogP contribution in [0.2, 0.25) is 0 Å². The molecule has 3 aromatic rings. The van der Waals surface area contributed by atoms with E-state index in [1.54, 1.807) is 35.7 Å². The Morgan fingerprint density at radius 3 is 2.28 bits per heavy atom. The maximum absolute atomic E-state index is 13.0. The van der Waals surface area contributed by atoms with Crippen molar-refractivity contribution in [1.82, 2.24) is 0 Å². The standard InChI is InChI=1S/C19H15NO3S2/c21-17-11-15(13-7-3-1-4-8-13)19-18(20-17)16(12-24-19)25(22,23)14-9-5-2-6-10-14/h1-10,12,15H,11H2,(H,20,21)/t15-/m1/s1. The summed E-state index contributed by atoms with van der Waals surface area (Å²) in [5.41, 5.74) is 1.45. The van der Waals surface area contributed by atoms with E-state index in [4.69, 9.17) is 0 Å². The van der Waals surface area contributed by atoms with Crippen molar-refractivity contribution < 1.29 is 13.2 Å². The number of carbonyl (C=O) groups is 1. The first kappa shape index (κ1) is 16.1. The summed E-state index contributed by atoms with van der Waals surface area (Å²) in [6, 6.07) is 18.0.